The quantitative estimate of drug-likeness (QED) is 0.909. The summed E-state index contributed by atoms with van der Waals surface area (Å²) in [5.41, 5.74) is 0.981. The van der Waals surface area contributed by atoms with E-state index < -0.39 is 0 Å². The van der Waals surface area contributed by atoms with E-state index in [1.165, 1.54) is 0 Å². The molecule has 1 aromatic carbocycles. The number of nitrogens with zero attached hydrogens (tertiary/aromatic N) is 2. The summed E-state index contributed by atoms with van der Waals surface area (Å²) < 4.78 is 5.68. The number of nitrogens with one attached hydrogen (secondary N) is 1. The van der Waals surface area contributed by atoms with Crippen LogP contribution in [0.15, 0.2) is 29.6 Å². The van der Waals surface area contributed by atoms with Gasteiger partial charge in [0.2, 0.25) is 5.91 Å². The van der Waals surface area contributed by atoms with Crippen molar-refractivity contribution >= 4 is 28.8 Å². The molecule has 22 heavy (non-hydrogen) atoms. The van der Waals surface area contributed by atoms with Crippen molar-refractivity contribution in [3.8, 4) is 5.75 Å². The van der Waals surface area contributed by atoms with E-state index in [9.17, 15) is 4.79 Å². The van der Waals surface area contributed by atoms with E-state index >= 15 is 0 Å². The molecule has 116 valence electrons. The number of hydrogen-bond acceptors (Lipinski definition) is 5. The predicted octanol–water partition coefficient (Wildman–Crippen LogP) is 2.31. The fourth-order valence-corrected chi connectivity index (χ4v) is 3.04. The Balaban J connectivity index is 1.52. The second-order valence-corrected chi connectivity index (χ2v) is 6.41. The lowest BCUT2D eigenvalue weighted by Gasteiger charge is -2.25. The third kappa shape index (κ3) is 4.19. The van der Waals surface area contributed by atoms with Gasteiger partial charge in [0.15, 0.2) is 0 Å². The van der Waals surface area contributed by atoms with Crippen LogP contribution in [0, 0.1) is 0 Å². The maximum atomic E-state index is 11.4. The van der Waals surface area contributed by atoms with Crippen LogP contribution >= 0.6 is 22.9 Å². The molecule has 1 aromatic heterocycles. The smallest absolute Gasteiger partial charge is 0.234 e. The van der Waals surface area contributed by atoms with Gasteiger partial charge in [-0.2, -0.15) is 0 Å². The zero-order chi connectivity index (χ0) is 15.4. The average Bonchev–Trinajstić information content (AvgIpc) is 2.94. The predicted molar refractivity (Wildman–Crippen MR) is 86.2 cm³/mol. The highest BCUT2D eigenvalue weighted by Gasteiger charge is 2.17. The second kappa shape index (κ2) is 7.09. The SMILES string of the molecule is O=C1CN(Cc2csc(COc3ccc(Cl)cc3)n2)CCN1. The van der Waals surface area contributed by atoms with Gasteiger partial charge in [-0.25, -0.2) is 4.98 Å². The Morgan fingerprint density at radius 3 is 2.95 bits per heavy atom. The molecule has 1 aliphatic heterocycles. The monoisotopic (exact) mass is 337 g/mol. The molecule has 7 heteroatoms. The topological polar surface area (TPSA) is 54.5 Å². The summed E-state index contributed by atoms with van der Waals surface area (Å²) in [5, 5.41) is 6.45. The van der Waals surface area contributed by atoms with E-state index in [2.05, 4.69) is 15.2 Å². The Kier molecular flexibility index (Phi) is 4.92. The third-order valence-corrected chi connectivity index (χ3v) is 4.40. The fraction of sp³-hybridized carbons (Fsp3) is 0.333. The summed E-state index contributed by atoms with van der Waals surface area (Å²) in [6.07, 6.45) is 0. The first-order valence-corrected chi connectivity index (χ1v) is 8.25. The molecule has 1 amide bonds. The first-order valence-electron chi connectivity index (χ1n) is 7.00. The molecule has 1 saturated heterocycles. The van der Waals surface area contributed by atoms with Gasteiger partial charge in [0, 0.05) is 30.0 Å². The van der Waals surface area contributed by atoms with Gasteiger partial charge in [-0.05, 0) is 24.3 Å². The van der Waals surface area contributed by atoms with E-state index in [1.807, 2.05) is 17.5 Å². The molecule has 1 aliphatic rings. The highest BCUT2D eigenvalue weighted by Crippen LogP contribution is 2.18. The van der Waals surface area contributed by atoms with Gasteiger partial charge < -0.3 is 10.1 Å². The number of carbonyl (C=O) groups is 1. The molecule has 5 nitrogen and oxygen atoms in total. The number of aromatic nitrogens is 1. The number of benzene rings is 1. The van der Waals surface area contributed by atoms with E-state index in [1.54, 1.807) is 23.5 Å². The van der Waals surface area contributed by atoms with Crippen LogP contribution in [0.25, 0.3) is 0 Å². The van der Waals surface area contributed by atoms with Crippen LogP contribution in [-0.2, 0) is 17.9 Å². The maximum absolute atomic E-state index is 11.4. The lowest BCUT2D eigenvalue weighted by atomic mass is 10.3. The standard InChI is InChI=1S/C15H16ClN3O2S/c16-11-1-3-13(4-2-11)21-9-15-18-12(10-22-15)7-19-6-5-17-14(20)8-19/h1-4,10H,5-9H2,(H,17,20). The van der Waals surface area contributed by atoms with Gasteiger partial charge in [0.25, 0.3) is 0 Å². The number of thiazole rings is 1. The van der Waals surface area contributed by atoms with Gasteiger partial charge in [-0.3, -0.25) is 9.69 Å². The van der Waals surface area contributed by atoms with Gasteiger partial charge in [-0.1, -0.05) is 11.6 Å². The molecule has 2 aromatic rings. The number of rotatable bonds is 5. The largest absolute Gasteiger partial charge is 0.486 e. The Hall–Kier alpha value is -1.63. The number of hydrogen-bond donors (Lipinski definition) is 1. The second-order valence-electron chi connectivity index (χ2n) is 5.04. The van der Waals surface area contributed by atoms with Crippen LogP contribution in [0.1, 0.15) is 10.7 Å². The normalized spacial score (nSPS) is 15.6. The summed E-state index contributed by atoms with van der Waals surface area (Å²) in [7, 11) is 0. The van der Waals surface area contributed by atoms with Crippen molar-refractivity contribution in [1.29, 1.82) is 0 Å². The molecule has 0 bridgehead atoms. The molecule has 2 heterocycles. The maximum Gasteiger partial charge on any atom is 0.234 e. The van der Waals surface area contributed by atoms with E-state index in [-0.39, 0.29) is 5.91 Å². The zero-order valence-electron chi connectivity index (χ0n) is 11.9. The van der Waals surface area contributed by atoms with Crippen molar-refractivity contribution < 1.29 is 9.53 Å². The van der Waals surface area contributed by atoms with Crippen molar-refractivity contribution in [2.45, 2.75) is 13.2 Å². The van der Waals surface area contributed by atoms with E-state index in [0.29, 0.717) is 31.3 Å². The van der Waals surface area contributed by atoms with E-state index in [0.717, 1.165) is 23.0 Å². The molecule has 0 saturated carbocycles. The van der Waals surface area contributed by atoms with Crippen LogP contribution < -0.4 is 10.1 Å². The molecular weight excluding hydrogens is 322 g/mol. The Morgan fingerprint density at radius 1 is 1.36 bits per heavy atom. The van der Waals surface area contributed by atoms with Crippen molar-refractivity contribution in [2.75, 3.05) is 19.6 Å². The molecule has 0 aliphatic carbocycles. The van der Waals surface area contributed by atoms with Crippen LogP contribution in [0.5, 0.6) is 5.75 Å². The number of amides is 1. The van der Waals surface area contributed by atoms with Gasteiger partial charge in [0.1, 0.15) is 17.4 Å². The van der Waals surface area contributed by atoms with E-state index in [4.69, 9.17) is 16.3 Å². The lowest BCUT2D eigenvalue weighted by Crippen LogP contribution is -2.47. The van der Waals surface area contributed by atoms with Gasteiger partial charge >= 0.3 is 0 Å². The first-order chi connectivity index (χ1) is 10.7. The number of carbonyl (C=O) groups excluding carboxylic acids is 1. The number of piperazine rings is 1. The third-order valence-electron chi connectivity index (χ3n) is 3.28. The minimum absolute atomic E-state index is 0.0766. The van der Waals surface area contributed by atoms with Crippen LogP contribution in [0.3, 0.4) is 0 Å². The summed E-state index contributed by atoms with van der Waals surface area (Å²) in [6, 6.07) is 7.27. The van der Waals surface area contributed by atoms with Crippen LogP contribution in [-0.4, -0.2) is 35.4 Å². The Bertz CT molecular complexity index is 644. The molecule has 1 fully saturated rings. The van der Waals surface area contributed by atoms with Crippen molar-refractivity contribution in [1.82, 2.24) is 15.2 Å². The zero-order valence-corrected chi connectivity index (χ0v) is 13.5. The van der Waals surface area contributed by atoms with Gasteiger partial charge in [-0.15, -0.1) is 11.3 Å². The highest BCUT2D eigenvalue weighted by atomic mass is 35.5. The van der Waals surface area contributed by atoms with Crippen molar-refractivity contribution in [2.24, 2.45) is 0 Å². The minimum atomic E-state index is 0.0766. The lowest BCUT2D eigenvalue weighted by molar-refractivity contribution is -0.124. The highest BCUT2D eigenvalue weighted by molar-refractivity contribution is 7.09. The molecular formula is C15H16ClN3O2S. The summed E-state index contributed by atoms with van der Waals surface area (Å²) >= 11 is 7.41. The molecule has 0 atom stereocenters. The first kappa shape index (κ1) is 15.3. The molecule has 0 radical (unpaired) electrons. The minimum Gasteiger partial charge on any atom is -0.486 e. The number of halogens is 1. The summed E-state index contributed by atoms with van der Waals surface area (Å²) in [5.74, 6) is 0.849. The Morgan fingerprint density at radius 2 is 2.18 bits per heavy atom. The average molecular weight is 338 g/mol. The van der Waals surface area contributed by atoms with Crippen LogP contribution in [0.4, 0.5) is 0 Å². The Labute approximate surface area is 137 Å². The molecule has 0 unspecified atom stereocenters. The van der Waals surface area contributed by atoms with Crippen molar-refractivity contribution in [3.05, 3.63) is 45.4 Å². The van der Waals surface area contributed by atoms with Crippen LogP contribution in [0.2, 0.25) is 5.02 Å². The number of ether oxygens (including phenoxy) is 1. The van der Waals surface area contributed by atoms with Gasteiger partial charge in [0.05, 0.1) is 12.2 Å². The summed E-state index contributed by atoms with van der Waals surface area (Å²) in [4.78, 5) is 18.0. The fourth-order valence-electron chi connectivity index (χ4n) is 2.22. The molecule has 3 rings (SSSR count). The molecule has 1 N–H and O–H groups in total. The summed E-state index contributed by atoms with van der Waals surface area (Å²) in [6.45, 7) is 3.14. The molecule has 0 spiro atoms. The van der Waals surface area contributed by atoms with Crippen molar-refractivity contribution in [3.63, 3.8) is 0 Å².